The summed E-state index contributed by atoms with van der Waals surface area (Å²) >= 11 is 0. The van der Waals surface area contributed by atoms with Gasteiger partial charge in [-0.25, -0.2) is 4.79 Å². The van der Waals surface area contributed by atoms with Gasteiger partial charge in [-0.15, -0.1) is 0 Å². The summed E-state index contributed by atoms with van der Waals surface area (Å²) in [6, 6.07) is 2.61. The molecule has 0 aromatic rings. The molecule has 0 unspecified atom stereocenters. The molecule has 0 radical (unpaired) electrons. The van der Waals surface area contributed by atoms with E-state index in [2.05, 4.69) is 32.1 Å². The molecule has 0 aromatic heterocycles. The van der Waals surface area contributed by atoms with Gasteiger partial charge in [0.05, 0.1) is 19.1 Å². The van der Waals surface area contributed by atoms with Crippen molar-refractivity contribution < 1.29 is 9.53 Å². The number of ether oxygens (including phenoxy) is 1. The lowest BCUT2D eigenvalue weighted by Crippen LogP contribution is -2.49. The Morgan fingerprint density at radius 2 is 2.04 bits per heavy atom. The van der Waals surface area contributed by atoms with Gasteiger partial charge in [-0.1, -0.05) is 19.9 Å². The van der Waals surface area contributed by atoms with Crippen LogP contribution in [0, 0.1) is 45.8 Å². The molecule has 4 rings (SSSR count). The van der Waals surface area contributed by atoms with Crippen LogP contribution >= 0.6 is 0 Å². The van der Waals surface area contributed by atoms with Crippen LogP contribution in [0.5, 0.6) is 0 Å². The molecule has 4 aliphatic carbocycles. The predicted molar refractivity (Wildman–Crippen MR) is 96.3 cm³/mol. The zero-order valence-electron chi connectivity index (χ0n) is 15.7. The van der Waals surface area contributed by atoms with Crippen molar-refractivity contribution >= 4 is 5.97 Å². The zero-order chi connectivity index (χ0) is 17.8. The second-order valence-electron chi connectivity index (χ2n) is 9.15. The van der Waals surface area contributed by atoms with Crippen LogP contribution < -0.4 is 0 Å². The van der Waals surface area contributed by atoms with Gasteiger partial charge in [-0.05, 0) is 85.2 Å². The molecule has 25 heavy (non-hydrogen) atoms. The van der Waals surface area contributed by atoms with E-state index in [1.165, 1.54) is 31.9 Å². The van der Waals surface area contributed by atoms with Gasteiger partial charge in [-0.3, -0.25) is 0 Å². The van der Waals surface area contributed by atoms with E-state index in [4.69, 9.17) is 4.74 Å². The highest BCUT2D eigenvalue weighted by Gasteiger charge is 2.58. The Morgan fingerprint density at radius 3 is 2.76 bits per heavy atom. The maximum Gasteiger partial charge on any atom is 0.333 e. The number of hydrogen-bond acceptors (Lipinski definition) is 3. The highest BCUT2D eigenvalue weighted by molar-refractivity contribution is 5.89. The Labute approximate surface area is 151 Å². The number of methoxy groups -OCH3 is 1. The summed E-state index contributed by atoms with van der Waals surface area (Å²) < 4.78 is 4.94. The molecule has 0 heterocycles. The molecule has 0 bridgehead atoms. The van der Waals surface area contributed by atoms with Crippen LogP contribution in [0.25, 0.3) is 0 Å². The number of allylic oxidation sites excluding steroid dienone is 3. The second kappa shape index (κ2) is 5.73. The van der Waals surface area contributed by atoms with Gasteiger partial charge in [-0.2, -0.15) is 5.26 Å². The topological polar surface area (TPSA) is 50.1 Å². The lowest BCUT2D eigenvalue weighted by molar-refractivity contribution is -0.136. The summed E-state index contributed by atoms with van der Waals surface area (Å²) in [5.74, 6) is 2.16. The van der Waals surface area contributed by atoms with E-state index < -0.39 is 0 Å². The van der Waals surface area contributed by atoms with Crippen molar-refractivity contribution in [3.63, 3.8) is 0 Å². The average Bonchev–Trinajstić information content (AvgIpc) is 2.96. The van der Waals surface area contributed by atoms with Crippen LogP contribution in [-0.4, -0.2) is 13.1 Å². The molecule has 2 fully saturated rings. The standard InChI is InChI=1S/C22H29NO2/c1-21-10-8-14(20(24)25-3)12-15(21)4-6-17-18-7-5-16(13-23)22(18,2)11-9-19(17)21/h4,12,16-19H,5-11H2,1-3H3/t16-,17+,18+,19+,21+,22-/m1/s1. The van der Waals surface area contributed by atoms with Gasteiger partial charge >= 0.3 is 5.97 Å². The number of nitrogens with zero attached hydrogens (tertiary/aromatic N) is 1. The molecule has 4 aliphatic rings. The van der Waals surface area contributed by atoms with Crippen molar-refractivity contribution in [1.29, 1.82) is 5.26 Å². The maximum atomic E-state index is 11.9. The monoisotopic (exact) mass is 339 g/mol. The fraction of sp³-hybridized carbons (Fsp3) is 0.727. The van der Waals surface area contributed by atoms with E-state index in [9.17, 15) is 10.1 Å². The molecule has 0 aromatic carbocycles. The van der Waals surface area contributed by atoms with Crippen LogP contribution in [-0.2, 0) is 9.53 Å². The summed E-state index contributed by atoms with van der Waals surface area (Å²) in [7, 11) is 1.47. The summed E-state index contributed by atoms with van der Waals surface area (Å²) in [6.07, 6.45) is 12.2. The molecule has 134 valence electrons. The third kappa shape index (κ3) is 2.26. The number of nitriles is 1. The van der Waals surface area contributed by atoms with E-state index in [-0.39, 0.29) is 22.7 Å². The minimum Gasteiger partial charge on any atom is -0.466 e. The average molecular weight is 339 g/mol. The third-order valence-corrected chi connectivity index (χ3v) is 8.37. The minimum absolute atomic E-state index is 0.172. The Balaban J connectivity index is 1.67. The first-order valence-electron chi connectivity index (χ1n) is 9.83. The molecule has 0 aliphatic heterocycles. The summed E-state index contributed by atoms with van der Waals surface area (Å²) in [6.45, 7) is 4.80. The van der Waals surface area contributed by atoms with Crippen molar-refractivity contribution in [1.82, 2.24) is 0 Å². The van der Waals surface area contributed by atoms with Crippen molar-refractivity contribution in [2.45, 2.75) is 58.8 Å². The predicted octanol–water partition coefficient (Wildman–Crippen LogP) is 4.80. The Hall–Kier alpha value is -1.56. The molecular formula is C22H29NO2. The fourth-order valence-corrected chi connectivity index (χ4v) is 6.83. The van der Waals surface area contributed by atoms with Gasteiger partial charge < -0.3 is 4.74 Å². The summed E-state index contributed by atoms with van der Waals surface area (Å²) in [4.78, 5) is 11.9. The number of rotatable bonds is 1. The lowest BCUT2D eigenvalue weighted by atomic mass is 9.48. The zero-order valence-corrected chi connectivity index (χ0v) is 15.7. The van der Waals surface area contributed by atoms with Crippen molar-refractivity contribution in [2.75, 3.05) is 7.11 Å². The maximum absolute atomic E-state index is 11.9. The fourth-order valence-electron chi connectivity index (χ4n) is 6.83. The molecule has 3 nitrogen and oxygen atoms in total. The molecule has 0 saturated heterocycles. The number of carbonyl (C=O) groups excluding carboxylic acids is 1. The van der Waals surface area contributed by atoms with Crippen LogP contribution in [0.3, 0.4) is 0 Å². The first kappa shape index (κ1) is 16.9. The molecule has 2 saturated carbocycles. The summed E-state index contributed by atoms with van der Waals surface area (Å²) in [5, 5.41) is 9.60. The van der Waals surface area contributed by atoms with Gasteiger partial charge in [0.15, 0.2) is 0 Å². The van der Waals surface area contributed by atoms with E-state index in [0.29, 0.717) is 17.8 Å². The smallest absolute Gasteiger partial charge is 0.333 e. The first-order valence-corrected chi connectivity index (χ1v) is 9.83. The third-order valence-electron chi connectivity index (χ3n) is 8.37. The Bertz CT molecular complexity index is 699. The van der Waals surface area contributed by atoms with Crippen molar-refractivity contribution in [2.24, 2.45) is 34.5 Å². The van der Waals surface area contributed by atoms with Gasteiger partial charge in [0.2, 0.25) is 0 Å². The van der Waals surface area contributed by atoms with Gasteiger partial charge in [0.1, 0.15) is 0 Å². The molecule has 3 heteroatoms. The van der Waals surface area contributed by atoms with E-state index in [1.807, 2.05) is 0 Å². The Kier molecular flexibility index (Phi) is 3.87. The Morgan fingerprint density at radius 1 is 1.24 bits per heavy atom. The van der Waals surface area contributed by atoms with Crippen LogP contribution in [0.2, 0.25) is 0 Å². The van der Waals surface area contributed by atoms with Crippen LogP contribution in [0.1, 0.15) is 58.8 Å². The van der Waals surface area contributed by atoms with Crippen molar-refractivity contribution in [3.8, 4) is 6.07 Å². The highest BCUT2D eigenvalue weighted by atomic mass is 16.5. The summed E-state index contributed by atoms with van der Waals surface area (Å²) in [5.41, 5.74) is 2.60. The van der Waals surface area contributed by atoms with Crippen molar-refractivity contribution in [3.05, 3.63) is 23.3 Å². The number of carbonyl (C=O) groups is 1. The van der Waals surface area contributed by atoms with E-state index in [1.54, 1.807) is 0 Å². The highest BCUT2D eigenvalue weighted by Crippen LogP contribution is 2.65. The molecule has 0 N–H and O–H groups in total. The first-order chi connectivity index (χ1) is 11.9. The number of fused-ring (bicyclic) bond motifs is 5. The molecule has 0 amide bonds. The molecule has 6 atom stereocenters. The van der Waals surface area contributed by atoms with E-state index in [0.717, 1.165) is 31.3 Å². The minimum atomic E-state index is -0.172. The van der Waals surface area contributed by atoms with Gasteiger partial charge in [0, 0.05) is 5.57 Å². The quantitative estimate of drug-likeness (QED) is 0.645. The van der Waals surface area contributed by atoms with E-state index >= 15 is 0 Å². The molecule has 0 spiro atoms. The van der Waals surface area contributed by atoms with Gasteiger partial charge in [0.25, 0.3) is 0 Å². The SMILES string of the molecule is COC(=O)C1=CC2=CC[C@H]3[C@@H]4CC[C@H](C#N)[C@@]4(C)CC[C@@H]3[C@@]2(C)CC1. The lowest BCUT2D eigenvalue weighted by Gasteiger charge is -2.56. The number of esters is 1. The number of hydrogen-bond donors (Lipinski definition) is 0. The second-order valence-corrected chi connectivity index (χ2v) is 9.15. The molecular weight excluding hydrogens is 310 g/mol. The normalized spacial score (nSPS) is 45.2. The largest absolute Gasteiger partial charge is 0.466 e. The van der Waals surface area contributed by atoms with Crippen LogP contribution in [0.15, 0.2) is 23.3 Å². The van der Waals surface area contributed by atoms with Crippen LogP contribution in [0.4, 0.5) is 0 Å².